The molecule has 0 spiro atoms. The molecule has 0 fully saturated rings. The van der Waals surface area contributed by atoms with Crippen LogP contribution in [0.15, 0.2) is 60.8 Å². The predicted molar refractivity (Wildman–Crippen MR) is 110 cm³/mol. The highest BCUT2D eigenvalue weighted by atomic mass is 16.6. The second-order valence-corrected chi connectivity index (χ2v) is 6.21. The van der Waals surface area contributed by atoms with E-state index in [0.29, 0.717) is 17.9 Å². The summed E-state index contributed by atoms with van der Waals surface area (Å²) in [6.45, 7) is 4.03. The SMILES string of the molecule is CCOC(=O)c1ccccc1N(CC)C(=O)c1ccn(-c2cccc([N+](=O)[O-])c2)n1. The first kappa shape index (κ1) is 20.7. The fourth-order valence-corrected chi connectivity index (χ4v) is 2.98. The van der Waals surface area contributed by atoms with Gasteiger partial charge < -0.3 is 9.64 Å². The molecule has 0 unspecified atom stereocenters. The van der Waals surface area contributed by atoms with Crippen molar-refractivity contribution in [1.29, 1.82) is 0 Å². The smallest absolute Gasteiger partial charge is 0.340 e. The summed E-state index contributed by atoms with van der Waals surface area (Å²) in [5.74, 6) is -0.917. The normalized spacial score (nSPS) is 10.5. The van der Waals surface area contributed by atoms with Crippen LogP contribution in [0.2, 0.25) is 0 Å². The van der Waals surface area contributed by atoms with E-state index in [-0.39, 0.29) is 23.6 Å². The summed E-state index contributed by atoms with van der Waals surface area (Å²) in [4.78, 5) is 37.3. The lowest BCUT2D eigenvalue weighted by Gasteiger charge is -2.22. The molecule has 1 aromatic heterocycles. The molecule has 0 aliphatic heterocycles. The van der Waals surface area contributed by atoms with Crippen molar-refractivity contribution in [3.8, 4) is 5.69 Å². The zero-order valence-electron chi connectivity index (χ0n) is 16.5. The van der Waals surface area contributed by atoms with Gasteiger partial charge >= 0.3 is 5.97 Å². The number of ether oxygens (including phenoxy) is 1. The number of non-ortho nitro benzene ring substituents is 1. The van der Waals surface area contributed by atoms with Gasteiger partial charge in [-0.3, -0.25) is 14.9 Å². The highest BCUT2D eigenvalue weighted by Crippen LogP contribution is 2.23. The Morgan fingerprint density at radius 3 is 2.60 bits per heavy atom. The maximum absolute atomic E-state index is 13.1. The van der Waals surface area contributed by atoms with E-state index in [4.69, 9.17) is 4.74 Å². The molecule has 0 saturated carbocycles. The molecule has 9 heteroatoms. The van der Waals surface area contributed by atoms with Crippen LogP contribution in [0.4, 0.5) is 11.4 Å². The van der Waals surface area contributed by atoms with Crippen LogP contribution in [0.25, 0.3) is 5.69 Å². The Labute approximate surface area is 172 Å². The van der Waals surface area contributed by atoms with Gasteiger partial charge in [-0.1, -0.05) is 18.2 Å². The summed E-state index contributed by atoms with van der Waals surface area (Å²) < 4.78 is 6.48. The maximum atomic E-state index is 13.1. The molecule has 9 nitrogen and oxygen atoms in total. The topological polar surface area (TPSA) is 108 Å². The first-order chi connectivity index (χ1) is 14.5. The van der Waals surface area contributed by atoms with Crippen molar-refractivity contribution in [3.63, 3.8) is 0 Å². The summed E-state index contributed by atoms with van der Waals surface area (Å²) in [5, 5.41) is 15.3. The number of nitrogens with zero attached hydrogens (tertiary/aromatic N) is 4. The van der Waals surface area contributed by atoms with E-state index in [9.17, 15) is 19.7 Å². The summed E-state index contributed by atoms with van der Waals surface area (Å²) in [5.41, 5.74) is 1.23. The van der Waals surface area contributed by atoms with Crippen LogP contribution >= 0.6 is 0 Å². The third kappa shape index (κ3) is 4.19. The van der Waals surface area contributed by atoms with Gasteiger partial charge in [0.05, 0.1) is 28.5 Å². The number of aromatic nitrogens is 2. The fourth-order valence-electron chi connectivity index (χ4n) is 2.98. The minimum absolute atomic E-state index is 0.0746. The van der Waals surface area contributed by atoms with Gasteiger partial charge in [-0.15, -0.1) is 0 Å². The molecule has 0 N–H and O–H groups in total. The van der Waals surface area contributed by atoms with Gasteiger partial charge in [0.2, 0.25) is 0 Å². The van der Waals surface area contributed by atoms with Gasteiger partial charge in [0.25, 0.3) is 11.6 Å². The van der Waals surface area contributed by atoms with E-state index in [1.54, 1.807) is 56.4 Å². The Bertz CT molecular complexity index is 1090. The van der Waals surface area contributed by atoms with Gasteiger partial charge in [0, 0.05) is 24.9 Å². The third-order valence-electron chi connectivity index (χ3n) is 4.36. The van der Waals surface area contributed by atoms with Gasteiger partial charge in [-0.2, -0.15) is 5.10 Å². The molecule has 0 bridgehead atoms. The number of para-hydroxylation sites is 1. The minimum atomic E-state index is -0.513. The van der Waals surface area contributed by atoms with Gasteiger partial charge in [-0.05, 0) is 38.1 Å². The Balaban J connectivity index is 1.93. The van der Waals surface area contributed by atoms with Gasteiger partial charge in [0.15, 0.2) is 5.69 Å². The van der Waals surface area contributed by atoms with Crippen molar-refractivity contribution in [2.45, 2.75) is 13.8 Å². The molecule has 0 atom stereocenters. The van der Waals surface area contributed by atoms with Crippen LogP contribution in [0, 0.1) is 10.1 Å². The number of amides is 1. The number of hydrogen-bond acceptors (Lipinski definition) is 6. The van der Waals surface area contributed by atoms with Crippen LogP contribution in [0.5, 0.6) is 0 Å². The number of esters is 1. The maximum Gasteiger partial charge on any atom is 0.340 e. The zero-order chi connectivity index (χ0) is 21.7. The number of nitro groups is 1. The number of hydrogen-bond donors (Lipinski definition) is 0. The van der Waals surface area contributed by atoms with Crippen molar-refractivity contribution in [2.24, 2.45) is 0 Å². The standard InChI is InChI=1S/C21H20N4O5/c1-3-23(19-11-6-5-10-17(19)21(27)30-4-2)20(26)18-12-13-24(22-18)15-8-7-9-16(14-15)25(28)29/h5-14H,3-4H2,1-2H3. The molecule has 30 heavy (non-hydrogen) atoms. The molecule has 2 aromatic carbocycles. The van der Waals surface area contributed by atoms with Crippen molar-refractivity contribution in [3.05, 3.63) is 82.2 Å². The molecular formula is C21H20N4O5. The highest BCUT2D eigenvalue weighted by molar-refractivity contribution is 6.08. The van der Waals surface area contributed by atoms with E-state index in [0.717, 1.165) is 0 Å². The second-order valence-electron chi connectivity index (χ2n) is 6.21. The molecule has 0 radical (unpaired) electrons. The third-order valence-corrected chi connectivity index (χ3v) is 4.36. The first-order valence-electron chi connectivity index (χ1n) is 9.34. The average molecular weight is 408 g/mol. The van der Waals surface area contributed by atoms with Gasteiger partial charge in [-0.25, -0.2) is 9.48 Å². The second kappa shape index (κ2) is 8.99. The van der Waals surface area contributed by atoms with Gasteiger partial charge in [0.1, 0.15) is 0 Å². The number of nitro benzene ring substituents is 1. The largest absolute Gasteiger partial charge is 0.462 e. The van der Waals surface area contributed by atoms with E-state index in [1.165, 1.54) is 27.8 Å². The Morgan fingerprint density at radius 2 is 1.90 bits per heavy atom. The van der Waals surface area contributed by atoms with Crippen LogP contribution in [-0.4, -0.2) is 39.7 Å². The summed E-state index contributed by atoms with van der Waals surface area (Å²) in [6.07, 6.45) is 1.55. The zero-order valence-corrected chi connectivity index (χ0v) is 16.5. The van der Waals surface area contributed by atoms with Crippen LogP contribution in [-0.2, 0) is 4.74 Å². The van der Waals surface area contributed by atoms with Crippen molar-refractivity contribution >= 4 is 23.3 Å². The lowest BCUT2D eigenvalue weighted by molar-refractivity contribution is -0.384. The number of carbonyl (C=O) groups is 2. The fraction of sp³-hybridized carbons (Fsp3) is 0.190. The number of carbonyl (C=O) groups excluding carboxylic acids is 2. The summed E-state index contributed by atoms with van der Waals surface area (Å²) in [6, 6.07) is 14.2. The number of benzene rings is 2. The van der Waals surface area contributed by atoms with E-state index in [2.05, 4.69) is 5.10 Å². The van der Waals surface area contributed by atoms with Crippen molar-refractivity contribution in [2.75, 3.05) is 18.1 Å². The number of anilines is 1. The Morgan fingerprint density at radius 1 is 1.13 bits per heavy atom. The van der Waals surface area contributed by atoms with E-state index in [1.807, 2.05) is 0 Å². The molecule has 0 saturated heterocycles. The molecule has 1 heterocycles. The molecule has 3 rings (SSSR count). The molecule has 154 valence electrons. The Hall–Kier alpha value is -4.01. The highest BCUT2D eigenvalue weighted by Gasteiger charge is 2.24. The van der Waals surface area contributed by atoms with Crippen molar-refractivity contribution in [1.82, 2.24) is 9.78 Å². The van der Waals surface area contributed by atoms with Crippen LogP contribution in [0.3, 0.4) is 0 Å². The van der Waals surface area contributed by atoms with E-state index < -0.39 is 16.8 Å². The monoisotopic (exact) mass is 408 g/mol. The van der Waals surface area contributed by atoms with Crippen LogP contribution < -0.4 is 4.90 Å². The predicted octanol–water partition coefficient (Wildman–Crippen LogP) is 3.62. The van der Waals surface area contributed by atoms with Crippen LogP contribution in [0.1, 0.15) is 34.7 Å². The van der Waals surface area contributed by atoms with E-state index >= 15 is 0 Å². The molecule has 0 aliphatic carbocycles. The summed E-state index contributed by atoms with van der Waals surface area (Å²) in [7, 11) is 0. The first-order valence-corrected chi connectivity index (χ1v) is 9.34. The molecule has 0 aliphatic rings. The Kier molecular flexibility index (Phi) is 6.21. The lowest BCUT2D eigenvalue weighted by Crippen LogP contribution is -2.32. The molecular weight excluding hydrogens is 388 g/mol. The average Bonchev–Trinajstić information content (AvgIpc) is 3.25. The quantitative estimate of drug-likeness (QED) is 0.336. The molecule has 3 aromatic rings. The molecule has 1 amide bonds. The minimum Gasteiger partial charge on any atom is -0.462 e. The van der Waals surface area contributed by atoms with Crippen molar-refractivity contribution < 1.29 is 19.2 Å². The number of rotatable bonds is 7. The summed E-state index contributed by atoms with van der Waals surface area (Å²) >= 11 is 0. The lowest BCUT2D eigenvalue weighted by atomic mass is 10.1.